The molecule has 1 aromatic rings. The molecule has 1 aliphatic rings. The number of esters is 1. The van der Waals surface area contributed by atoms with Crippen molar-refractivity contribution in [1.29, 1.82) is 0 Å². The molecule has 0 amide bonds. The van der Waals surface area contributed by atoms with Crippen LogP contribution < -0.4 is 5.32 Å². The average Bonchev–Trinajstić information content (AvgIpc) is 3.11. The summed E-state index contributed by atoms with van der Waals surface area (Å²) in [6.07, 6.45) is 5.11. The summed E-state index contributed by atoms with van der Waals surface area (Å²) in [5, 5.41) is 5.70. The minimum Gasteiger partial charge on any atom is -0.468 e. The zero-order valence-electron chi connectivity index (χ0n) is 12.6. The van der Waals surface area contributed by atoms with E-state index in [1.165, 1.54) is 37.7 Å². The minimum atomic E-state index is -0.229. The number of rotatable bonds is 6. The molecular weight excluding hydrogens is 270 g/mol. The lowest BCUT2D eigenvalue weighted by atomic mass is 9.94. The van der Waals surface area contributed by atoms with Crippen LogP contribution in [-0.2, 0) is 9.53 Å². The molecule has 1 heterocycles. The summed E-state index contributed by atoms with van der Waals surface area (Å²) < 4.78 is 4.96. The molecule has 112 valence electrons. The molecule has 0 bridgehead atoms. The summed E-state index contributed by atoms with van der Waals surface area (Å²) in [6.45, 7) is 4.13. The van der Waals surface area contributed by atoms with Crippen molar-refractivity contribution >= 4 is 17.3 Å². The van der Waals surface area contributed by atoms with Gasteiger partial charge in [0.25, 0.3) is 0 Å². The van der Waals surface area contributed by atoms with Gasteiger partial charge in [-0.1, -0.05) is 32.8 Å². The first-order valence-corrected chi connectivity index (χ1v) is 8.38. The van der Waals surface area contributed by atoms with Gasteiger partial charge in [0.15, 0.2) is 0 Å². The van der Waals surface area contributed by atoms with Crippen LogP contribution in [0.1, 0.15) is 50.4 Å². The van der Waals surface area contributed by atoms with Crippen LogP contribution >= 0.6 is 11.3 Å². The van der Waals surface area contributed by atoms with Gasteiger partial charge in [0.2, 0.25) is 0 Å². The predicted octanol–water partition coefficient (Wildman–Crippen LogP) is 3.77. The first kappa shape index (κ1) is 15.5. The van der Waals surface area contributed by atoms with E-state index in [9.17, 15) is 4.79 Å². The molecular formula is C16H25NO2S. The number of nitrogens with one attached hydrogen (secondary N) is 1. The number of thiophene rings is 1. The summed E-state index contributed by atoms with van der Waals surface area (Å²) in [5.74, 6) is 0.713. The fraction of sp³-hybridized carbons (Fsp3) is 0.688. The van der Waals surface area contributed by atoms with E-state index in [0.717, 1.165) is 0 Å². The highest BCUT2D eigenvalue weighted by molar-refractivity contribution is 7.10. The molecule has 0 spiro atoms. The molecule has 2 unspecified atom stereocenters. The Hall–Kier alpha value is -0.870. The van der Waals surface area contributed by atoms with E-state index >= 15 is 0 Å². The van der Waals surface area contributed by atoms with Gasteiger partial charge in [-0.15, -0.1) is 11.3 Å². The molecule has 1 aliphatic carbocycles. The lowest BCUT2D eigenvalue weighted by Crippen LogP contribution is -2.45. The highest BCUT2D eigenvalue weighted by Crippen LogP contribution is 2.38. The van der Waals surface area contributed by atoms with E-state index < -0.39 is 0 Å². The maximum absolute atomic E-state index is 12.0. The Bertz CT molecular complexity index is 410. The highest BCUT2D eigenvalue weighted by atomic mass is 32.1. The molecule has 1 fully saturated rings. The van der Waals surface area contributed by atoms with Gasteiger partial charge in [0.1, 0.15) is 6.04 Å². The van der Waals surface area contributed by atoms with Crippen LogP contribution in [0.25, 0.3) is 0 Å². The molecule has 4 heteroatoms. The number of carbonyl (C=O) groups excluding carboxylic acids is 1. The molecule has 1 aromatic heterocycles. The number of hydrogen-bond acceptors (Lipinski definition) is 4. The molecule has 0 radical (unpaired) electrons. The van der Waals surface area contributed by atoms with Crippen LogP contribution in [0.3, 0.4) is 0 Å². The monoisotopic (exact) mass is 295 g/mol. The van der Waals surface area contributed by atoms with Crippen LogP contribution in [-0.4, -0.2) is 19.1 Å². The molecule has 0 aromatic carbocycles. The molecule has 2 rings (SSSR count). The maximum Gasteiger partial charge on any atom is 0.323 e. The van der Waals surface area contributed by atoms with E-state index in [2.05, 4.69) is 36.7 Å². The van der Waals surface area contributed by atoms with Gasteiger partial charge in [-0.3, -0.25) is 10.1 Å². The zero-order chi connectivity index (χ0) is 14.5. The number of hydrogen-bond donors (Lipinski definition) is 1. The number of methoxy groups -OCH3 is 1. The van der Waals surface area contributed by atoms with Gasteiger partial charge in [-0.2, -0.15) is 0 Å². The summed E-state index contributed by atoms with van der Waals surface area (Å²) in [7, 11) is 1.47. The topological polar surface area (TPSA) is 38.3 Å². The standard InChI is InChI=1S/C16H25NO2S/c1-11(2)14(16(18)19-3)17-15(12-7-4-5-8-12)13-9-6-10-20-13/h6,9-12,14-15,17H,4-5,7-8H2,1-3H3. The lowest BCUT2D eigenvalue weighted by molar-refractivity contribution is -0.144. The lowest BCUT2D eigenvalue weighted by Gasteiger charge is -2.30. The summed E-state index contributed by atoms with van der Waals surface area (Å²) in [6, 6.07) is 4.32. The minimum absolute atomic E-state index is 0.153. The van der Waals surface area contributed by atoms with Crippen molar-refractivity contribution in [3.05, 3.63) is 22.4 Å². The molecule has 0 saturated heterocycles. The van der Waals surface area contributed by atoms with Gasteiger partial charge in [-0.05, 0) is 36.1 Å². The average molecular weight is 295 g/mol. The van der Waals surface area contributed by atoms with E-state index in [4.69, 9.17) is 4.74 Å². The van der Waals surface area contributed by atoms with Crippen molar-refractivity contribution in [1.82, 2.24) is 5.32 Å². The van der Waals surface area contributed by atoms with Crippen molar-refractivity contribution in [3.8, 4) is 0 Å². The Morgan fingerprint density at radius 1 is 1.40 bits per heavy atom. The van der Waals surface area contributed by atoms with Gasteiger partial charge in [-0.25, -0.2) is 0 Å². The van der Waals surface area contributed by atoms with Crippen molar-refractivity contribution in [2.24, 2.45) is 11.8 Å². The predicted molar refractivity (Wildman–Crippen MR) is 82.8 cm³/mol. The SMILES string of the molecule is COC(=O)C(NC(c1cccs1)C1CCCC1)C(C)C. The third-order valence-corrected chi connectivity index (χ3v) is 5.16. The molecule has 2 atom stereocenters. The van der Waals surface area contributed by atoms with E-state index in [1.54, 1.807) is 11.3 Å². The third kappa shape index (κ3) is 3.61. The van der Waals surface area contributed by atoms with Crippen molar-refractivity contribution in [3.63, 3.8) is 0 Å². The first-order chi connectivity index (χ1) is 9.63. The van der Waals surface area contributed by atoms with Crippen molar-refractivity contribution in [2.45, 2.75) is 51.6 Å². The molecule has 1 N–H and O–H groups in total. The zero-order valence-corrected chi connectivity index (χ0v) is 13.4. The van der Waals surface area contributed by atoms with Gasteiger partial charge in [0, 0.05) is 10.9 Å². The fourth-order valence-electron chi connectivity index (χ4n) is 3.06. The quantitative estimate of drug-likeness (QED) is 0.812. The van der Waals surface area contributed by atoms with Crippen molar-refractivity contribution in [2.75, 3.05) is 7.11 Å². The maximum atomic E-state index is 12.0. The Balaban J connectivity index is 2.15. The van der Waals surface area contributed by atoms with Crippen LogP contribution in [0, 0.1) is 11.8 Å². The summed E-state index contributed by atoms with van der Waals surface area (Å²) >= 11 is 1.78. The van der Waals surface area contributed by atoms with Crippen LogP contribution in [0.15, 0.2) is 17.5 Å². The van der Waals surface area contributed by atoms with Gasteiger partial charge < -0.3 is 4.74 Å². The molecule has 20 heavy (non-hydrogen) atoms. The Morgan fingerprint density at radius 2 is 2.10 bits per heavy atom. The molecule has 0 aliphatic heterocycles. The fourth-order valence-corrected chi connectivity index (χ4v) is 3.94. The normalized spacial score (nSPS) is 19.2. The van der Waals surface area contributed by atoms with Crippen LogP contribution in [0.5, 0.6) is 0 Å². The number of ether oxygens (including phenoxy) is 1. The van der Waals surface area contributed by atoms with E-state index in [0.29, 0.717) is 5.92 Å². The molecule has 3 nitrogen and oxygen atoms in total. The third-order valence-electron chi connectivity index (χ3n) is 4.20. The number of carbonyl (C=O) groups is 1. The summed E-state index contributed by atoms with van der Waals surface area (Å²) in [4.78, 5) is 13.3. The second-order valence-corrected chi connectivity index (χ2v) is 6.93. The van der Waals surface area contributed by atoms with Crippen molar-refractivity contribution < 1.29 is 9.53 Å². The second kappa shape index (κ2) is 7.23. The first-order valence-electron chi connectivity index (χ1n) is 7.50. The van der Waals surface area contributed by atoms with Crippen LogP contribution in [0.4, 0.5) is 0 Å². The van der Waals surface area contributed by atoms with E-state index in [1.807, 2.05) is 0 Å². The van der Waals surface area contributed by atoms with E-state index in [-0.39, 0.29) is 24.0 Å². The van der Waals surface area contributed by atoms with Crippen LogP contribution in [0.2, 0.25) is 0 Å². The Labute approximate surface area is 125 Å². The largest absolute Gasteiger partial charge is 0.468 e. The molecule has 1 saturated carbocycles. The second-order valence-electron chi connectivity index (χ2n) is 5.95. The van der Waals surface area contributed by atoms with Gasteiger partial charge >= 0.3 is 5.97 Å². The highest BCUT2D eigenvalue weighted by Gasteiger charge is 2.32. The van der Waals surface area contributed by atoms with Gasteiger partial charge in [0.05, 0.1) is 7.11 Å². The Kier molecular flexibility index (Phi) is 5.61. The Morgan fingerprint density at radius 3 is 2.60 bits per heavy atom. The smallest absolute Gasteiger partial charge is 0.323 e. The summed E-state index contributed by atoms with van der Waals surface area (Å²) in [5.41, 5.74) is 0.